The fraction of sp³-hybridized carbons (Fsp3) is 0.143. The van der Waals surface area contributed by atoms with E-state index in [1.807, 2.05) is 86.0 Å². The van der Waals surface area contributed by atoms with Crippen molar-refractivity contribution in [3.8, 4) is 0 Å². The van der Waals surface area contributed by atoms with E-state index in [1.54, 1.807) is 0 Å². The van der Waals surface area contributed by atoms with Crippen molar-refractivity contribution in [1.82, 2.24) is 14.4 Å². The largest absolute Gasteiger partial charge is 0.505 e. The molecule has 0 radical (unpaired) electrons. The summed E-state index contributed by atoms with van der Waals surface area (Å²) in [4.78, 5) is 37.8. The van der Waals surface area contributed by atoms with Crippen LogP contribution in [0.1, 0.15) is 34.1 Å². The van der Waals surface area contributed by atoms with Crippen molar-refractivity contribution < 1.29 is 14.7 Å². The average molecular weight is 573 g/mol. The smallest absolute Gasteiger partial charge is 0.301 e. The van der Waals surface area contributed by atoms with Crippen LogP contribution in [0.5, 0.6) is 0 Å². The van der Waals surface area contributed by atoms with Gasteiger partial charge in [0.15, 0.2) is 10.9 Å². The van der Waals surface area contributed by atoms with E-state index in [9.17, 15) is 14.7 Å². The number of anilines is 1. The van der Waals surface area contributed by atoms with Crippen molar-refractivity contribution in [3.05, 3.63) is 98.9 Å². The number of pyridine rings is 1. The maximum atomic E-state index is 13.6. The zero-order valence-electron chi connectivity index (χ0n) is 20.2. The molecule has 0 bridgehead atoms. The SMILES string of the molecule is Cc1ccc2nc(N3C(=O)C(=O)/C(=C(/O)c4nc5c(C)cccn5c4C)C3c3cccc(Br)c3)sc2c1. The minimum absolute atomic E-state index is 0.0114. The van der Waals surface area contributed by atoms with Crippen LogP contribution < -0.4 is 4.90 Å². The first-order chi connectivity index (χ1) is 17.7. The van der Waals surface area contributed by atoms with Crippen LogP contribution >= 0.6 is 27.3 Å². The van der Waals surface area contributed by atoms with E-state index in [0.29, 0.717) is 22.0 Å². The molecule has 1 unspecified atom stereocenters. The Labute approximate surface area is 224 Å². The zero-order valence-corrected chi connectivity index (χ0v) is 22.6. The van der Waals surface area contributed by atoms with Crippen LogP contribution in [-0.2, 0) is 9.59 Å². The lowest BCUT2D eigenvalue weighted by atomic mass is 9.96. The fourth-order valence-electron chi connectivity index (χ4n) is 4.82. The first kappa shape index (κ1) is 23.6. The number of halogens is 1. The summed E-state index contributed by atoms with van der Waals surface area (Å²) in [7, 11) is 0. The van der Waals surface area contributed by atoms with Crippen molar-refractivity contribution in [1.29, 1.82) is 0 Å². The number of aliphatic hydroxyl groups excluding tert-OH is 1. The molecule has 1 N–H and O–H groups in total. The number of aryl methyl sites for hydroxylation is 3. The number of fused-ring (bicyclic) bond motifs is 2. The Morgan fingerprint density at radius 1 is 1.03 bits per heavy atom. The van der Waals surface area contributed by atoms with Crippen LogP contribution in [0.4, 0.5) is 5.13 Å². The topological polar surface area (TPSA) is 87.8 Å². The van der Waals surface area contributed by atoms with Crippen molar-refractivity contribution in [2.24, 2.45) is 0 Å². The number of carbonyl (C=O) groups is 2. The van der Waals surface area contributed by atoms with E-state index in [1.165, 1.54) is 16.2 Å². The van der Waals surface area contributed by atoms with Gasteiger partial charge in [-0.3, -0.25) is 14.5 Å². The summed E-state index contributed by atoms with van der Waals surface area (Å²) >= 11 is 4.84. The molecule has 3 aromatic heterocycles. The third-order valence-corrected chi connectivity index (χ3v) is 8.17. The summed E-state index contributed by atoms with van der Waals surface area (Å²) in [6.45, 7) is 5.75. The number of aromatic nitrogens is 3. The molecule has 0 spiro atoms. The van der Waals surface area contributed by atoms with Gasteiger partial charge in [0.05, 0.1) is 27.5 Å². The van der Waals surface area contributed by atoms with Crippen LogP contribution in [0.2, 0.25) is 0 Å². The van der Waals surface area contributed by atoms with E-state index >= 15 is 0 Å². The molecule has 0 saturated carbocycles. The Morgan fingerprint density at radius 3 is 2.59 bits per heavy atom. The number of carbonyl (C=O) groups excluding carboxylic acids is 2. The molecular formula is C28H21BrN4O3S. The number of hydrogen-bond acceptors (Lipinski definition) is 6. The molecule has 1 atom stereocenters. The van der Waals surface area contributed by atoms with Gasteiger partial charge in [0.25, 0.3) is 5.78 Å². The van der Waals surface area contributed by atoms with Crippen LogP contribution in [0.15, 0.2) is 70.8 Å². The van der Waals surface area contributed by atoms with Crippen molar-refractivity contribution >= 4 is 65.7 Å². The molecule has 1 fully saturated rings. The van der Waals surface area contributed by atoms with Gasteiger partial charge in [0.1, 0.15) is 11.3 Å². The summed E-state index contributed by atoms with van der Waals surface area (Å²) in [5.74, 6) is -1.81. The number of amides is 1. The van der Waals surface area contributed by atoms with Gasteiger partial charge < -0.3 is 9.51 Å². The maximum absolute atomic E-state index is 13.6. The molecular weight excluding hydrogens is 552 g/mol. The standard InChI is InChI=1S/C28H21BrN4O3S/c1-14-9-10-19-20(12-14)37-28(30-19)33-23(17-7-4-8-18(29)13-17)21(25(35)27(33)36)24(34)22-16(3)32-11-5-6-15(2)26(32)31-22/h4-13,23,34H,1-3H3/b24-21+. The van der Waals surface area contributed by atoms with Crippen LogP contribution in [0, 0.1) is 20.8 Å². The molecule has 0 aliphatic carbocycles. The van der Waals surface area contributed by atoms with Gasteiger partial charge in [-0.2, -0.15) is 0 Å². The Morgan fingerprint density at radius 2 is 1.84 bits per heavy atom. The van der Waals surface area contributed by atoms with Gasteiger partial charge in [-0.1, -0.05) is 51.5 Å². The molecule has 2 aromatic carbocycles. The molecule has 1 aliphatic rings. The molecule has 5 aromatic rings. The van der Waals surface area contributed by atoms with E-state index in [-0.39, 0.29) is 17.0 Å². The van der Waals surface area contributed by atoms with Crippen molar-refractivity contribution in [3.63, 3.8) is 0 Å². The third kappa shape index (κ3) is 3.69. The number of imidazole rings is 1. The normalized spacial score (nSPS) is 17.4. The third-order valence-electron chi connectivity index (χ3n) is 6.66. The van der Waals surface area contributed by atoms with Crippen molar-refractivity contribution in [2.75, 3.05) is 4.90 Å². The molecule has 4 heterocycles. The summed E-state index contributed by atoms with van der Waals surface area (Å²) in [5.41, 5.74) is 5.02. The minimum atomic E-state index is -0.871. The van der Waals surface area contributed by atoms with E-state index < -0.39 is 17.7 Å². The lowest BCUT2D eigenvalue weighted by molar-refractivity contribution is -0.132. The quantitative estimate of drug-likeness (QED) is 0.157. The highest BCUT2D eigenvalue weighted by Crippen LogP contribution is 2.45. The second kappa shape index (κ2) is 8.64. The zero-order chi connectivity index (χ0) is 26.0. The summed E-state index contributed by atoms with van der Waals surface area (Å²) in [5, 5.41) is 12.0. The predicted octanol–water partition coefficient (Wildman–Crippen LogP) is 6.26. The first-order valence-corrected chi connectivity index (χ1v) is 13.2. The van der Waals surface area contributed by atoms with Crippen molar-refractivity contribution in [2.45, 2.75) is 26.8 Å². The number of rotatable bonds is 3. The monoisotopic (exact) mass is 572 g/mol. The molecule has 1 aliphatic heterocycles. The fourth-order valence-corrected chi connectivity index (χ4v) is 6.33. The lowest BCUT2D eigenvalue weighted by Crippen LogP contribution is -2.29. The van der Waals surface area contributed by atoms with E-state index in [0.717, 1.165) is 25.8 Å². The summed E-state index contributed by atoms with van der Waals surface area (Å²) in [6.07, 6.45) is 1.86. The number of Topliss-reactive ketones (excluding diaryl/α,β-unsaturated/α-hetero) is 1. The van der Waals surface area contributed by atoms with Gasteiger partial charge >= 0.3 is 5.91 Å². The summed E-state index contributed by atoms with van der Waals surface area (Å²) < 4.78 is 3.57. The number of nitrogens with zero attached hydrogens (tertiary/aromatic N) is 4. The Bertz CT molecular complexity index is 1800. The number of benzene rings is 2. The highest BCUT2D eigenvalue weighted by Gasteiger charge is 2.48. The van der Waals surface area contributed by atoms with E-state index in [4.69, 9.17) is 0 Å². The highest BCUT2D eigenvalue weighted by molar-refractivity contribution is 9.10. The van der Waals surface area contributed by atoms with E-state index in [2.05, 4.69) is 25.9 Å². The van der Waals surface area contributed by atoms with Gasteiger partial charge in [0, 0.05) is 10.7 Å². The molecule has 9 heteroatoms. The number of aliphatic hydroxyl groups is 1. The Kier molecular flexibility index (Phi) is 5.50. The molecule has 184 valence electrons. The lowest BCUT2D eigenvalue weighted by Gasteiger charge is -2.23. The molecule has 1 saturated heterocycles. The Balaban J connectivity index is 1.61. The van der Waals surface area contributed by atoms with Gasteiger partial charge in [-0.05, 0) is 67.8 Å². The summed E-state index contributed by atoms with van der Waals surface area (Å²) in [6, 6.07) is 16.2. The second-order valence-electron chi connectivity index (χ2n) is 9.12. The number of ketones is 1. The Hall–Kier alpha value is -3.82. The highest BCUT2D eigenvalue weighted by atomic mass is 79.9. The second-order valence-corrected chi connectivity index (χ2v) is 11.0. The first-order valence-electron chi connectivity index (χ1n) is 11.6. The molecule has 37 heavy (non-hydrogen) atoms. The number of hydrogen-bond donors (Lipinski definition) is 1. The molecule has 7 nitrogen and oxygen atoms in total. The van der Waals surface area contributed by atoms with Crippen LogP contribution in [0.25, 0.3) is 21.6 Å². The average Bonchev–Trinajstić information content (AvgIpc) is 3.51. The van der Waals surface area contributed by atoms with Crippen LogP contribution in [-0.4, -0.2) is 31.2 Å². The van der Waals surface area contributed by atoms with Crippen LogP contribution in [0.3, 0.4) is 0 Å². The number of thiazole rings is 1. The van der Waals surface area contributed by atoms with Gasteiger partial charge in [-0.15, -0.1) is 0 Å². The van der Waals surface area contributed by atoms with Gasteiger partial charge in [0.2, 0.25) is 0 Å². The molecule has 6 rings (SSSR count). The van der Waals surface area contributed by atoms with Gasteiger partial charge in [-0.25, -0.2) is 9.97 Å². The maximum Gasteiger partial charge on any atom is 0.301 e. The molecule has 1 amide bonds. The predicted molar refractivity (Wildman–Crippen MR) is 148 cm³/mol. The minimum Gasteiger partial charge on any atom is -0.505 e.